The standard InChI is InChI=1S/C23H27N5O3S/c1-13(2)10-18(26-14(3)29)22(31)27-17(11-15-8-9-20(24)25-12-15)21(30)23-28-16-6-4-5-7-19(16)32-23/h4-9,12-13,17-18H,10-11H2,1-3H3,(H2,24,25)(H,26,29)(H,27,31)/t17?,18-/m0/s1. The van der Waals surface area contributed by atoms with Crippen LogP contribution in [0.5, 0.6) is 0 Å². The molecule has 0 spiro atoms. The van der Waals surface area contributed by atoms with Crippen molar-refractivity contribution >= 4 is 45.0 Å². The van der Waals surface area contributed by atoms with Crippen LogP contribution in [0.25, 0.3) is 10.2 Å². The third-order valence-corrected chi connectivity index (χ3v) is 5.88. The van der Waals surface area contributed by atoms with Gasteiger partial charge in [-0.05, 0) is 36.1 Å². The van der Waals surface area contributed by atoms with E-state index in [9.17, 15) is 14.4 Å². The summed E-state index contributed by atoms with van der Waals surface area (Å²) in [7, 11) is 0. The van der Waals surface area contributed by atoms with Crippen molar-refractivity contribution in [3.05, 3.63) is 53.2 Å². The average Bonchev–Trinajstić information content (AvgIpc) is 3.17. The number of Topliss-reactive ketones (excluding diaryl/α,β-unsaturated/α-hetero) is 1. The van der Waals surface area contributed by atoms with Crippen molar-refractivity contribution in [3.8, 4) is 0 Å². The molecule has 0 saturated heterocycles. The van der Waals surface area contributed by atoms with Crippen LogP contribution in [-0.4, -0.2) is 39.6 Å². The summed E-state index contributed by atoms with van der Waals surface area (Å²) < 4.78 is 0.894. The molecule has 3 aromatic rings. The van der Waals surface area contributed by atoms with Crippen LogP contribution in [0.3, 0.4) is 0 Å². The predicted molar refractivity (Wildman–Crippen MR) is 125 cm³/mol. The van der Waals surface area contributed by atoms with Crippen LogP contribution in [0, 0.1) is 5.92 Å². The lowest BCUT2D eigenvalue weighted by Crippen LogP contribution is -2.52. The molecule has 2 heterocycles. The van der Waals surface area contributed by atoms with Gasteiger partial charge in [0, 0.05) is 19.5 Å². The Labute approximate surface area is 190 Å². The summed E-state index contributed by atoms with van der Waals surface area (Å²) >= 11 is 1.29. The van der Waals surface area contributed by atoms with E-state index in [1.54, 1.807) is 18.3 Å². The Morgan fingerprint density at radius 3 is 2.44 bits per heavy atom. The number of thiazole rings is 1. The molecule has 168 valence electrons. The summed E-state index contributed by atoms with van der Waals surface area (Å²) in [6.07, 6.45) is 2.26. The number of fused-ring (bicyclic) bond motifs is 1. The van der Waals surface area contributed by atoms with Crippen molar-refractivity contribution < 1.29 is 14.4 Å². The molecular formula is C23H27N5O3S. The Hall–Kier alpha value is -3.33. The van der Waals surface area contributed by atoms with Crippen LogP contribution in [0.4, 0.5) is 5.82 Å². The molecular weight excluding hydrogens is 426 g/mol. The van der Waals surface area contributed by atoms with Gasteiger partial charge in [0.2, 0.25) is 17.6 Å². The molecule has 0 aliphatic heterocycles. The molecule has 0 aliphatic rings. The first-order valence-electron chi connectivity index (χ1n) is 10.4. The number of hydrogen-bond donors (Lipinski definition) is 3. The van der Waals surface area contributed by atoms with Crippen molar-refractivity contribution in [1.82, 2.24) is 20.6 Å². The highest BCUT2D eigenvalue weighted by Crippen LogP contribution is 2.23. The number of amides is 2. The molecule has 2 amide bonds. The number of pyridine rings is 1. The van der Waals surface area contributed by atoms with Crippen molar-refractivity contribution in [2.45, 2.75) is 45.7 Å². The lowest BCUT2D eigenvalue weighted by Gasteiger charge is -2.23. The third-order valence-electron chi connectivity index (χ3n) is 4.83. The van der Waals surface area contributed by atoms with Crippen LogP contribution in [0.2, 0.25) is 0 Å². The Kier molecular flexibility index (Phi) is 7.53. The number of nitrogens with two attached hydrogens (primary N) is 1. The second kappa shape index (κ2) is 10.3. The Balaban J connectivity index is 1.88. The average molecular weight is 454 g/mol. The van der Waals surface area contributed by atoms with Gasteiger partial charge in [-0.15, -0.1) is 11.3 Å². The molecule has 0 saturated carbocycles. The van der Waals surface area contributed by atoms with Gasteiger partial charge < -0.3 is 16.4 Å². The van der Waals surface area contributed by atoms with E-state index in [-0.39, 0.29) is 24.0 Å². The highest BCUT2D eigenvalue weighted by Gasteiger charge is 2.29. The van der Waals surface area contributed by atoms with Crippen LogP contribution in [0.15, 0.2) is 42.6 Å². The quantitative estimate of drug-likeness (QED) is 0.428. The Morgan fingerprint density at radius 2 is 1.81 bits per heavy atom. The number of carbonyl (C=O) groups is 3. The maximum atomic E-state index is 13.4. The first-order chi connectivity index (χ1) is 15.2. The molecule has 8 nitrogen and oxygen atoms in total. The number of anilines is 1. The number of hydrogen-bond acceptors (Lipinski definition) is 7. The molecule has 9 heteroatoms. The number of para-hydroxylation sites is 1. The molecule has 1 unspecified atom stereocenters. The van der Waals surface area contributed by atoms with Crippen LogP contribution >= 0.6 is 11.3 Å². The largest absolute Gasteiger partial charge is 0.384 e. The second-order valence-electron chi connectivity index (χ2n) is 8.09. The zero-order valence-electron chi connectivity index (χ0n) is 18.3. The number of nitrogen functional groups attached to an aromatic ring is 1. The first kappa shape index (κ1) is 23.3. The Bertz CT molecular complexity index is 1080. The fraction of sp³-hybridized carbons (Fsp3) is 0.348. The van der Waals surface area contributed by atoms with Crippen molar-refractivity contribution in [2.24, 2.45) is 5.92 Å². The SMILES string of the molecule is CC(=O)N[C@@H](CC(C)C)C(=O)NC(Cc1ccc(N)nc1)C(=O)c1nc2ccccc2s1. The number of nitrogens with zero attached hydrogens (tertiary/aromatic N) is 2. The number of ketones is 1. The molecule has 3 rings (SSSR count). The van der Waals surface area contributed by atoms with Crippen LogP contribution in [-0.2, 0) is 16.0 Å². The third kappa shape index (κ3) is 6.10. The summed E-state index contributed by atoms with van der Waals surface area (Å²) in [5.41, 5.74) is 7.15. The molecule has 0 bridgehead atoms. The smallest absolute Gasteiger partial charge is 0.243 e. The molecule has 1 aromatic carbocycles. The van der Waals surface area contributed by atoms with E-state index in [2.05, 4.69) is 20.6 Å². The minimum Gasteiger partial charge on any atom is -0.384 e. The van der Waals surface area contributed by atoms with Gasteiger partial charge in [-0.2, -0.15) is 0 Å². The molecule has 32 heavy (non-hydrogen) atoms. The zero-order valence-corrected chi connectivity index (χ0v) is 19.1. The monoisotopic (exact) mass is 453 g/mol. The highest BCUT2D eigenvalue weighted by atomic mass is 32.1. The van der Waals surface area contributed by atoms with E-state index in [0.717, 1.165) is 15.8 Å². The van der Waals surface area contributed by atoms with Gasteiger partial charge in [0.25, 0.3) is 0 Å². The van der Waals surface area contributed by atoms with Crippen molar-refractivity contribution in [2.75, 3.05) is 5.73 Å². The molecule has 0 fully saturated rings. The summed E-state index contributed by atoms with van der Waals surface area (Å²) in [4.78, 5) is 46.6. The number of nitrogens with one attached hydrogen (secondary N) is 2. The predicted octanol–water partition coefficient (Wildman–Crippen LogP) is 2.73. The van der Waals surface area contributed by atoms with Gasteiger partial charge in [0.05, 0.1) is 16.3 Å². The molecule has 2 aromatic heterocycles. The van der Waals surface area contributed by atoms with Gasteiger partial charge in [-0.1, -0.05) is 32.0 Å². The molecule has 0 aliphatic carbocycles. The van der Waals surface area contributed by atoms with E-state index >= 15 is 0 Å². The van der Waals surface area contributed by atoms with Crippen LogP contribution < -0.4 is 16.4 Å². The summed E-state index contributed by atoms with van der Waals surface area (Å²) in [5, 5.41) is 5.84. The van der Waals surface area contributed by atoms with E-state index in [0.29, 0.717) is 17.2 Å². The fourth-order valence-electron chi connectivity index (χ4n) is 3.35. The number of benzene rings is 1. The van der Waals surface area contributed by atoms with Gasteiger partial charge in [-0.25, -0.2) is 9.97 Å². The molecule has 2 atom stereocenters. The zero-order chi connectivity index (χ0) is 23.3. The van der Waals surface area contributed by atoms with Crippen LogP contribution in [0.1, 0.15) is 42.6 Å². The minimum atomic E-state index is -0.864. The van der Waals surface area contributed by atoms with E-state index in [1.807, 2.05) is 38.1 Å². The van der Waals surface area contributed by atoms with Gasteiger partial charge >= 0.3 is 0 Å². The highest BCUT2D eigenvalue weighted by molar-refractivity contribution is 7.20. The summed E-state index contributed by atoms with van der Waals surface area (Å²) in [5.74, 6) is -0.450. The number of carbonyl (C=O) groups excluding carboxylic acids is 3. The van der Waals surface area contributed by atoms with Gasteiger partial charge in [0.15, 0.2) is 5.01 Å². The van der Waals surface area contributed by atoms with E-state index < -0.39 is 18.0 Å². The molecule has 4 N–H and O–H groups in total. The van der Waals surface area contributed by atoms with Gasteiger partial charge in [-0.3, -0.25) is 14.4 Å². The fourth-order valence-corrected chi connectivity index (χ4v) is 4.31. The van der Waals surface area contributed by atoms with E-state index in [1.165, 1.54) is 18.3 Å². The minimum absolute atomic E-state index is 0.178. The summed E-state index contributed by atoms with van der Waals surface area (Å²) in [6.45, 7) is 5.29. The van der Waals surface area contributed by atoms with Gasteiger partial charge in [0.1, 0.15) is 11.9 Å². The Morgan fingerprint density at radius 1 is 1.06 bits per heavy atom. The normalized spacial score (nSPS) is 13.0. The lowest BCUT2D eigenvalue weighted by atomic mass is 10.00. The maximum Gasteiger partial charge on any atom is 0.243 e. The second-order valence-corrected chi connectivity index (χ2v) is 9.12. The van der Waals surface area contributed by atoms with E-state index in [4.69, 9.17) is 5.73 Å². The van der Waals surface area contributed by atoms with Crippen molar-refractivity contribution in [1.29, 1.82) is 0 Å². The topological polar surface area (TPSA) is 127 Å². The lowest BCUT2D eigenvalue weighted by molar-refractivity contribution is -0.128. The maximum absolute atomic E-state index is 13.4. The number of aromatic nitrogens is 2. The number of rotatable bonds is 9. The first-order valence-corrected chi connectivity index (χ1v) is 11.2. The van der Waals surface area contributed by atoms with Crippen molar-refractivity contribution in [3.63, 3.8) is 0 Å². The summed E-state index contributed by atoms with van der Waals surface area (Å²) in [6, 6.07) is 9.31. The molecule has 0 radical (unpaired) electrons.